The molecule has 0 bridgehead atoms. The number of aryl methyl sites for hydroxylation is 2. The lowest BCUT2D eigenvalue weighted by Crippen LogP contribution is -2.13. The summed E-state index contributed by atoms with van der Waals surface area (Å²) in [5.74, 6) is 0.495. The normalized spacial score (nSPS) is 12.0. The minimum atomic E-state index is -0.245. The van der Waals surface area contributed by atoms with E-state index in [9.17, 15) is 4.79 Å². The number of rotatable bonds is 6. The number of hydrogen-bond acceptors (Lipinski definition) is 7. The smallest absolute Gasteiger partial charge is 0.259 e. The Kier molecular flexibility index (Phi) is 5.40. The van der Waals surface area contributed by atoms with Crippen LogP contribution in [-0.2, 0) is 6.42 Å². The highest BCUT2D eigenvalue weighted by atomic mass is 32.1. The van der Waals surface area contributed by atoms with E-state index in [0.29, 0.717) is 10.7 Å². The van der Waals surface area contributed by atoms with E-state index in [1.54, 1.807) is 17.8 Å². The van der Waals surface area contributed by atoms with Crippen LogP contribution in [0.1, 0.15) is 45.6 Å². The standard InChI is InChI=1S/C17H19N5OS2/c1-4-13-10(2)7-14(25-13)11(3)20-15-6-5-12(8-18-15)16(23)21-17-22-19-9-24-17/h5-9,11H,4H2,1-3H3,(H,18,20)(H,21,22,23). The highest BCUT2D eigenvalue weighted by Gasteiger charge is 2.13. The average Bonchev–Trinajstić information content (AvgIpc) is 3.24. The number of carbonyl (C=O) groups excluding carboxylic acids is 1. The molecule has 0 fully saturated rings. The molecule has 3 rings (SSSR count). The second kappa shape index (κ2) is 7.71. The highest BCUT2D eigenvalue weighted by molar-refractivity contribution is 7.13. The maximum absolute atomic E-state index is 12.1. The molecule has 1 amide bonds. The molecule has 0 aromatic carbocycles. The van der Waals surface area contributed by atoms with Crippen molar-refractivity contribution in [3.63, 3.8) is 0 Å². The van der Waals surface area contributed by atoms with Crippen molar-refractivity contribution in [2.24, 2.45) is 0 Å². The molecular weight excluding hydrogens is 354 g/mol. The lowest BCUT2D eigenvalue weighted by atomic mass is 10.2. The fourth-order valence-electron chi connectivity index (χ4n) is 2.41. The Hall–Kier alpha value is -2.32. The monoisotopic (exact) mass is 373 g/mol. The maximum Gasteiger partial charge on any atom is 0.259 e. The summed E-state index contributed by atoms with van der Waals surface area (Å²) in [4.78, 5) is 19.2. The first kappa shape index (κ1) is 17.5. The molecule has 3 heterocycles. The zero-order valence-corrected chi connectivity index (χ0v) is 15.9. The van der Waals surface area contributed by atoms with Crippen LogP contribution in [0.5, 0.6) is 0 Å². The molecule has 1 atom stereocenters. The van der Waals surface area contributed by atoms with Crippen LogP contribution in [0.3, 0.4) is 0 Å². The fraction of sp³-hybridized carbons (Fsp3) is 0.294. The molecule has 6 nitrogen and oxygen atoms in total. The van der Waals surface area contributed by atoms with Gasteiger partial charge in [-0.1, -0.05) is 18.3 Å². The lowest BCUT2D eigenvalue weighted by molar-refractivity contribution is 0.102. The van der Waals surface area contributed by atoms with Gasteiger partial charge >= 0.3 is 0 Å². The molecule has 0 saturated heterocycles. The number of aromatic nitrogens is 3. The summed E-state index contributed by atoms with van der Waals surface area (Å²) < 4.78 is 0. The Morgan fingerprint density at radius 3 is 2.80 bits per heavy atom. The van der Waals surface area contributed by atoms with Gasteiger partial charge in [0.2, 0.25) is 5.13 Å². The SMILES string of the molecule is CCc1sc(C(C)Nc2ccc(C(=O)Nc3nncs3)cn2)cc1C. The number of amides is 1. The lowest BCUT2D eigenvalue weighted by Gasteiger charge is -2.13. The van der Waals surface area contributed by atoms with E-state index in [4.69, 9.17) is 0 Å². The highest BCUT2D eigenvalue weighted by Crippen LogP contribution is 2.29. The summed E-state index contributed by atoms with van der Waals surface area (Å²) in [5, 5.41) is 14.0. The van der Waals surface area contributed by atoms with E-state index in [-0.39, 0.29) is 11.9 Å². The van der Waals surface area contributed by atoms with E-state index >= 15 is 0 Å². The summed E-state index contributed by atoms with van der Waals surface area (Å²) in [7, 11) is 0. The summed E-state index contributed by atoms with van der Waals surface area (Å²) in [6.07, 6.45) is 2.61. The molecule has 0 radical (unpaired) electrons. The van der Waals surface area contributed by atoms with E-state index < -0.39 is 0 Å². The first-order valence-corrected chi connectivity index (χ1v) is 9.65. The van der Waals surface area contributed by atoms with Crippen molar-refractivity contribution < 1.29 is 4.79 Å². The second-order valence-electron chi connectivity index (χ2n) is 5.60. The van der Waals surface area contributed by atoms with Crippen molar-refractivity contribution in [2.75, 3.05) is 10.6 Å². The number of nitrogens with one attached hydrogen (secondary N) is 2. The number of pyridine rings is 1. The predicted octanol–water partition coefficient (Wildman–Crippen LogP) is 4.29. The number of anilines is 2. The maximum atomic E-state index is 12.1. The summed E-state index contributed by atoms with van der Waals surface area (Å²) >= 11 is 3.11. The van der Waals surface area contributed by atoms with Crippen LogP contribution < -0.4 is 10.6 Å². The van der Waals surface area contributed by atoms with Gasteiger partial charge in [0, 0.05) is 16.0 Å². The summed E-state index contributed by atoms with van der Waals surface area (Å²) in [5.41, 5.74) is 3.39. The van der Waals surface area contributed by atoms with Crippen LogP contribution in [0.25, 0.3) is 0 Å². The van der Waals surface area contributed by atoms with Gasteiger partial charge in [-0.2, -0.15) is 0 Å². The quantitative estimate of drug-likeness (QED) is 0.674. The third-order valence-corrected chi connectivity index (χ3v) is 5.93. The molecule has 25 heavy (non-hydrogen) atoms. The van der Waals surface area contributed by atoms with Crippen LogP contribution >= 0.6 is 22.7 Å². The predicted molar refractivity (Wildman–Crippen MR) is 103 cm³/mol. The molecule has 130 valence electrons. The van der Waals surface area contributed by atoms with E-state index in [1.807, 2.05) is 17.4 Å². The van der Waals surface area contributed by atoms with Gasteiger partial charge in [-0.05, 0) is 44.0 Å². The average molecular weight is 374 g/mol. The third kappa shape index (κ3) is 4.21. The van der Waals surface area contributed by atoms with Crippen LogP contribution in [0.15, 0.2) is 29.9 Å². The molecule has 8 heteroatoms. The molecular formula is C17H19N5OS2. The Bertz CT molecular complexity index is 843. The summed E-state index contributed by atoms with van der Waals surface area (Å²) in [6, 6.07) is 5.95. The third-order valence-electron chi connectivity index (χ3n) is 3.76. The number of carbonyl (C=O) groups is 1. The van der Waals surface area contributed by atoms with Crippen molar-refractivity contribution in [2.45, 2.75) is 33.2 Å². The van der Waals surface area contributed by atoms with E-state index in [0.717, 1.165) is 12.2 Å². The van der Waals surface area contributed by atoms with Crippen molar-refractivity contribution in [1.29, 1.82) is 0 Å². The van der Waals surface area contributed by atoms with Gasteiger partial charge < -0.3 is 5.32 Å². The second-order valence-corrected chi connectivity index (χ2v) is 7.61. The van der Waals surface area contributed by atoms with Crippen LogP contribution in [0.4, 0.5) is 10.9 Å². The fourth-order valence-corrected chi connectivity index (χ4v) is 3.97. The molecule has 3 aromatic rings. The number of thiophene rings is 1. The van der Waals surface area contributed by atoms with Crippen LogP contribution in [0.2, 0.25) is 0 Å². The molecule has 0 aliphatic heterocycles. The van der Waals surface area contributed by atoms with Gasteiger partial charge in [0.05, 0.1) is 11.6 Å². The molecule has 0 aliphatic rings. The van der Waals surface area contributed by atoms with Crippen molar-refractivity contribution in [1.82, 2.24) is 15.2 Å². The Morgan fingerprint density at radius 2 is 2.20 bits per heavy atom. The van der Waals surface area contributed by atoms with Gasteiger partial charge in [0.1, 0.15) is 11.3 Å². The topological polar surface area (TPSA) is 79.8 Å². The first-order valence-electron chi connectivity index (χ1n) is 7.96. The summed E-state index contributed by atoms with van der Waals surface area (Å²) in [6.45, 7) is 6.44. The van der Waals surface area contributed by atoms with Gasteiger partial charge in [-0.25, -0.2) is 4.98 Å². The van der Waals surface area contributed by atoms with Gasteiger partial charge in [0.25, 0.3) is 5.91 Å². The van der Waals surface area contributed by atoms with Crippen molar-refractivity contribution in [3.05, 3.63) is 50.8 Å². The largest absolute Gasteiger partial charge is 0.363 e. The zero-order valence-electron chi connectivity index (χ0n) is 14.2. The number of hydrogen-bond donors (Lipinski definition) is 2. The number of nitrogens with zero attached hydrogens (tertiary/aromatic N) is 3. The van der Waals surface area contributed by atoms with Crippen LogP contribution in [-0.4, -0.2) is 21.1 Å². The minimum Gasteiger partial charge on any atom is -0.363 e. The molecule has 2 N–H and O–H groups in total. The molecule has 3 aromatic heterocycles. The molecule has 0 aliphatic carbocycles. The van der Waals surface area contributed by atoms with Crippen molar-refractivity contribution in [3.8, 4) is 0 Å². The Balaban J connectivity index is 1.64. The van der Waals surface area contributed by atoms with Crippen molar-refractivity contribution >= 4 is 39.5 Å². The van der Waals surface area contributed by atoms with Gasteiger partial charge in [-0.15, -0.1) is 21.5 Å². The molecule has 0 saturated carbocycles. The molecule has 0 spiro atoms. The first-order chi connectivity index (χ1) is 12.1. The molecule has 1 unspecified atom stereocenters. The minimum absolute atomic E-state index is 0.164. The zero-order chi connectivity index (χ0) is 17.8. The Morgan fingerprint density at radius 1 is 1.36 bits per heavy atom. The van der Waals surface area contributed by atoms with E-state index in [1.165, 1.54) is 26.7 Å². The van der Waals surface area contributed by atoms with Gasteiger partial charge in [0.15, 0.2) is 0 Å². The van der Waals surface area contributed by atoms with E-state index in [2.05, 4.69) is 52.7 Å². The van der Waals surface area contributed by atoms with Gasteiger partial charge in [-0.3, -0.25) is 10.1 Å². The Labute approximate surface area is 154 Å². The van der Waals surface area contributed by atoms with Crippen LogP contribution in [0, 0.1) is 6.92 Å².